The summed E-state index contributed by atoms with van der Waals surface area (Å²) in [6, 6.07) is 12.0. The zero-order valence-corrected chi connectivity index (χ0v) is 21.5. The summed E-state index contributed by atoms with van der Waals surface area (Å²) in [7, 11) is 0.643. The third kappa shape index (κ3) is 6.00. The molecule has 0 spiro atoms. The highest BCUT2D eigenvalue weighted by Crippen LogP contribution is 2.34. The van der Waals surface area contributed by atoms with E-state index in [1.807, 2.05) is 36.4 Å². The molecule has 1 aliphatic rings. The van der Waals surface area contributed by atoms with E-state index in [1.165, 1.54) is 0 Å². The lowest BCUT2D eigenvalue weighted by molar-refractivity contribution is -0.0835. The number of halogens is 2. The van der Waals surface area contributed by atoms with Crippen molar-refractivity contribution in [3.8, 4) is 0 Å². The molecule has 0 saturated carbocycles. The maximum absolute atomic E-state index is 15.2. The molecule has 1 aromatic carbocycles. The normalized spacial score (nSPS) is 18.7. The molecule has 0 bridgehead atoms. The van der Waals surface area contributed by atoms with E-state index in [1.54, 1.807) is 33.9 Å². The van der Waals surface area contributed by atoms with Gasteiger partial charge in [-0.3, -0.25) is 4.90 Å². The molecule has 184 valence electrons. The van der Waals surface area contributed by atoms with Gasteiger partial charge in [-0.1, -0.05) is 50.0 Å². The average molecular weight is 488 g/mol. The molecular formula is C25H35F2N5OSi. The number of hydrogen-bond acceptors (Lipinski definition) is 5. The predicted octanol–water partition coefficient (Wildman–Crippen LogP) is 5.09. The minimum Gasteiger partial charge on any atom is -0.364 e. The van der Waals surface area contributed by atoms with Gasteiger partial charge in [-0.25, -0.2) is 18.4 Å². The molecule has 3 heterocycles. The number of benzene rings is 1. The molecule has 1 fully saturated rings. The Morgan fingerprint density at radius 2 is 1.94 bits per heavy atom. The van der Waals surface area contributed by atoms with Crippen molar-refractivity contribution in [1.29, 1.82) is 0 Å². The van der Waals surface area contributed by atoms with Gasteiger partial charge >= 0.3 is 0 Å². The number of piperidine rings is 1. The molecule has 9 heteroatoms. The smallest absolute Gasteiger partial charge is 0.280 e. The van der Waals surface area contributed by atoms with Crippen LogP contribution < -0.4 is 4.90 Å². The Kier molecular flexibility index (Phi) is 7.35. The number of aromatic nitrogens is 3. The van der Waals surface area contributed by atoms with Gasteiger partial charge < -0.3 is 9.64 Å². The largest absolute Gasteiger partial charge is 0.364 e. The van der Waals surface area contributed by atoms with Gasteiger partial charge in [-0.15, -0.1) is 0 Å². The van der Waals surface area contributed by atoms with E-state index in [2.05, 4.69) is 29.7 Å². The first-order valence-corrected chi connectivity index (χ1v) is 15.6. The van der Waals surface area contributed by atoms with E-state index in [0.717, 1.165) is 17.0 Å². The molecule has 3 aromatic rings. The van der Waals surface area contributed by atoms with Crippen LogP contribution >= 0.6 is 0 Å². The lowest BCUT2D eigenvalue weighted by Crippen LogP contribution is -2.57. The highest BCUT2D eigenvalue weighted by atomic mass is 28.3. The molecule has 1 aliphatic heterocycles. The fraction of sp³-hybridized carbons (Fsp3) is 0.520. The third-order valence-electron chi connectivity index (χ3n) is 6.41. The van der Waals surface area contributed by atoms with Crippen LogP contribution in [0.15, 0.2) is 48.8 Å². The molecule has 34 heavy (non-hydrogen) atoms. The summed E-state index contributed by atoms with van der Waals surface area (Å²) < 4.78 is 37.9. The SMILES string of the molecule is CN(Cc1ccccc1)C1CCN(c2cnc3c(cnn3COCC[Si](C)(C)C)c2)CC1(F)F. The molecule has 4 rings (SSSR count). The molecule has 0 amide bonds. The molecule has 6 nitrogen and oxygen atoms in total. The summed E-state index contributed by atoms with van der Waals surface area (Å²) in [6.45, 7) is 8.74. The van der Waals surface area contributed by atoms with Gasteiger partial charge in [-0.05, 0) is 31.1 Å². The van der Waals surface area contributed by atoms with Crippen molar-refractivity contribution in [2.24, 2.45) is 0 Å². The van der Waals surface area contributed by atoms with E-state index in [0.29, 0.717) is 44.2 Å². The lowest BCUT2D eigenvalue weighted by atomic mass is 9.98. The fourth-order valence-corrected chi connectivity index (χ4v) is 5.19. The maximum atomic E-state index is 15.2. The first kappa shape index (κ1) is 24.8. The van der Waals surface area contributed by atoms with Crippen molar-refractivity contribution in [3.63, 3.8) is 0 Å². The van der Waals surface area contributed by atoms with Crippen molar-refractivity contribution < 1.29 is 13.5 Å². The number of pyridine rings is 1. The Hall–Kier alpha value is -2.36. The summed E-state index contributed by atoms with van der Waals surface area (Å²) in [6.07, 6.45) is 3.79. The summed E-state index contributed by atoms with van der Waals surface area (Å²) >= 11 is 0. The van der Waals surface area contributed by atoms with Crippen molar-refractivity contribution >= 4 is 24.8 Å². The van der Waals surface area contributed by atoms with E-state index < -0.39 is 20.0 Å². The van der Waals surface area contributed by atoms with Crippen molar-refractivity contribution in [3.05, 3.63) is 54.4 Å². The number of nitrogens with zero attached hydrogens (tertiary/aromatic N) is 5. The minimum absolute atomic E-state index is 0.322. The molecule has 0 N–H and O–H groups in total. The number of hydrogen-bond donors (Lipinski definition) is 0. The van der Waals surface area contributed by atoms with Crippen LogP contribution in [-0.2, 0) is 18.0 Å². The average Bonchev–Trinajstić information content (AvgIpc) is 3.18. The van der Waals surface area contributed by atoms with E-state index in [9.17, 15) is 0 Å². The zero-order valence-electron chi connectivity index (χ0n) is 20.5. The van der Waals surface area contributed by atoms with Crippen LogP contribution in [0.1, 0.15) is 12.0 Å². The fourth-order valence-electron chi connectivity index (χ4n) is 4.43. The minimum atomic E-state index is -2.83. The number of fused-ring (bicyclic) bond motifs is 1. The van der Waals surface area contributed by atoms with Crippen LogP contribution in [0, 0.1) is 0 Å². The van der Waals surface area contributed by atoms with Crippen LogP contribution in [0.3, 0.4) is 0 Å². The highest BCUT2D eigenvalue weighted by Gasteiger charge is 2.46. The van der Waals surface area contributed by atoms with Crippen LogP contribution in [0.2, 0.25) is 25.7 Å². The lowest BCUT2D eigenvalue weighted by Gasteiger charge is -2.43. The van der Waals surface area contributed by atoms with E-state index in [4.69, 9.17) is 4.74 Å². The summed E-state index contributed by atoms with van der Waals surface area (Å²) in [5.74, 6) is -2.83. The standard InChI is InChI=1S/C25H35F2N5OSi/c1-30(17-20-8-6-5-7-9-20)23-10-11-31(18-25(23,26)27)22-14-21-15-29-32(24(21)28-16-22)19-33-12-13-34(2,3)4/h5-9,14-16,23H,10-13,17-19H2,1-4H3. The van der Waals surface area contributed by atoms with Gasteiger partial charge in [0.25, 0.3) is 5.92 Å². The van der Waals surface area contributed by atoms with Gasteiger partial charge in [0, 0.05) is 33.2 Å². The van der Waals surface area contributed by atoms with E-state index in [-0.39, 0.29) is 6.54 Å². The third-order valence-corrected chi connectivity index (χ3v) is 8.11. The second-order valence-electron chi connectivity index (χ2n) is 10.5. The number of rotatable bonds is 9. The Bertz CT molecular complexity index is 1090. The topological polar surface area (TPSA) is 46.4 Å². The molecular weight excluding hydrogens is 452 g/mol. The first-order chi connectivity index (χ1) is 16.1. The number of ether oxygens (including phenoxy) is 1. The van der Waals surface area contributed by atoms with Crippen LogP contribution in [0.4, 0.5) is 14.5 Å². The van der Waals surface area contributed by atoms with Gasteiger partial charge in [-0.2, -0.15) is 5.10 Å². The van der Waals surface area contributed by atoms with Gasteiger partial charge in [0.15, 0.2) is 5.65 Å². The number of alkyl halides is 2. The molecule has 1 unspecified atom stereocenters. The molecule has 0 radical (unpaired) electrons. The molecule has 0 aliphatic carbocycles. The second-order valence-corrected chi connectivity index (χ2v) is 16.1. The van der Waals surface area contributed by atoms with Crippen LogP contribution in [0.5, 0.6) is 0 Å². The number of anilines is 1. The Morgan fingerprint density at radius 3 is 2.65 bits per heavy atom. The maximum Gasteiger partial charge on any atom is 0.280 e. The van der Waals surface area contributed by atoms with Gasteiger partial charge in [0.1, 0.15) is 6.73 Å². The van der Waals surface area contributed by atoms with Crippen LogP contribution in [-0.4, -0.2) is 66.4 Å². The summed E-state index contributed by atoms with van der Waals surface area (Å²) in [5.41, 5.74) is 2.45. The highest BCUT2D eigenvalue weighted by molar-refractivity contribution is 6.76. The molecule has 1 saturated heterocycles. The summed E-state index contributed by atoms with van der Waals surface area (Å²) in [5, 5.41) is 5.22. The quantitative estimate of drug-likeness (QED) is 0.311. The predicted molar refractivity (Wildman–Crippen MR) is 135 cm³/mol. The molecule has 1 atom stereocenters. The van der Waals surface area contributed by atoms with Crippen molar-refractivity contribution in [1.82, 2.24) is 19.7 Å². The van der Waals surface area contributed by atoms with Gasteiger partial charge in [0.2, 0.25) is 0 Å². The molecule has 2 aromatic heterocycles. The zero-order chi connectivity index (χ0) is 24.3. The monoisotopic (exact) mass is 487 g/mol. The Morgan fingerprint density at radius 1 is 1.18 bits per heavy atom. The second kappa shape index (κ2) is 10.1. The Balaban J connectivity index is 1.39. The van der Waals surface area contributed by atoms with Crippen LogP contribution in [0.25, 0.3) is 11.0 Å². The van der Waals surface area contributed by atoms with Gasteiger partial charge in [0.05, 0.1) is 30.7 Å². The Labute approximate surface area is 201 Å². The summed E-state index contributed by atoms with van der Waals surface area (Å²) in [4.78, 5) is 8.05. The first-order valence-electron chi connectivity index (χ1n) is 11.9. The van der Waals surface area contributed by atoms with Crippen molar-refractivity contribution in [2.75, 3.05) is 31.6 Å². The van der Waals surface area contributed by atoms with Crippen molar-refractivity contribution in [2.45, 2.75) is 57.3 Å². The van der Waals surface area contributed by atoms with E-state index >= 15 is 8.78 Å².